The second-order valence-electron chi connectivity index (χ2n) is 4.17. The average Bonchev–Trinajstić information content (AvgIpc) is 2.26. The first-order chi connectivity index (χ1) is 5.53. The molecule has 0 aromatic carbocycles. The van der Waals surface area contributed by atoms with Crippen molar-refractivity contribution in [2.24, 2.45) is 11.8 Å². The van der Waals surface area contributed by atoms with E-state index in [1.807, 2.05) is 0 Å². The van der Waals surface area contributed by atoms with Crippen molar-refractivity contribution >= 4 is 0 Å². The van der Waals surface area contributed by atoms with Crippen LogP contribution in [0.25, 0.3) is 0 Å². The summed E-state index contributed by atoms with van der Waals surface area (Å²) in [5.74, 6) is 0.951. The standard InChI is InChI=1S/C10H20O2/c1-5-10(7(2)3)8(4)6-9(11)12-10/h7-9,11H,5-6H2,1-4H3/t8-,9?,10+/m1/s1. The highest BCUT2D eigenvalue weighted by atomic mass is 16.6. The number of rotatable bonds is 2. The molecular formula is C10H20O2. The second kappa shape index (κ2) is 3.35. The van der Waals surface area contributed by atoms with E-state index in [9.17, 15) is 5.11 Å². The number of aliphatic hydroxyl groups is 1. The van der Waals surface area contributed by atoms with E-state index in [1.54, 1.807) is 0 Å². The average molecular weight is 172 g/mol. The largest absolute Gasteiger partial charge is 0.368 e. The van der Waals surface area contributed by atoms with Gasteiger partial charge in [0.15, 0.2) is 6.29 Å². The highest BCUT2D eigenvalue weighted by Crippen LogP contribution is 2.42. The van der Waals surface area contributed by atoms with Crippen LogP contribution in [0.5, 0.6) is 0 Å². The molecule has 2 heteroatoms. The second-order valence-corrected chi connectivity index (χ2v) is 4.17. The van der Waals surface area contributed by atoms with Gasteiger partial charge in [0.2, 0.25) is 0 Å². The Morgan fingerprint density at radius 1 is 1.58 bits per heavy atom. The van der Waals surface area contributed by atoms with Gasteiger partial charge in [-0.05, 0) is 18.3 Å². The van der Waals surface area contributed by atoms with E-state index in [1.165, 1.54) is 0 Å². The Morgan fingerprint density at radius 3 is 2.33 bits per heavy atom. The fraction of sp³-hybridized carbons (Fsp3) is 1.00. The summed E-state index contributed by atoms with van der Waals surface area (Å²) in [4.78, 5) is 0. The monoisotopic (exact) mass is 172 g/mol. The van der Waals surface area contributed by atoms with Crippen molar-refractivity contribution in [3.05, 3.63) is 0 Å². The zero-order chi connectivity index (χ0) is 9.35. The summed E-state index contributed by atoms with van der Waals surface area (Å²) < 4.78 is 5.63. The van der Waals surface area contributed by atoms with Crippen LogP contribution < -0.4 is 0 Å². The molecule has 0 saturated carbocycles. The molecule has 3 atom stereocenters. The molecule has 12 heavy (non-hydrogen) atoms. The molecule has 0 spiro atoms. The van der Waals surface area contributed by atoms with Crippen LogP contribution in [0.1, 0.15) is 40.5 Å². The molecule has 0 radical (unpaired) electrons. The first-order valence-corrected chi connectivity index (χ1v) is 4.88. The fourth-order valence-electron chi connectivity index (χ4n) is 2.46. The maximum absolute atomic E-state index is 9.39. The molecule has 0 bridgehead atoms. The van der Waals surface area contributed by atoms with Gasteiger partial charge in [0, 0.05) is 6.42 Å². The molecule has 1 aliphatic heterocycles. The van der Waals surface area contributed by atoms with E-state index in [0.29, 0.717) is 11.8 Å². The molecule has 72 valence electrons. The van der Waals surface area contributed by atoms with Crippen molar-refractivity contribution in [2.45, 2.75) is 52.4 Å². The Morgan fingerprint density at radius 2 is 2.17 bits per heavy atom. The Kier molecular flexibility index (Phi) is 2.79. The Bertz CT molecular complexity index is 156. The minimum absolute atomic E-state index is 0.0839. The van der Waals surface area contributed by atoms with E-state index >= 15 is 0 Å². The molecule has 1 unspecified atom stereocenters. The fourth-order valence-corrected chi connectivity index (χ4v) is 2.46. The summed E-state index contributed by atoms with van der Waals surface area (Å²) in [6.07, 6.45) is 1.23. The summed E-state index contributed by atoms with van der Waals surface area (Å²) in [5, 5.41) is 9.39. The molecule has 1 rings (SSSR count). The first-order valence-electron chi connectivity index (χ1n) is 4.88. The minimum atomic E-state index is -0.539. The normalized spacial score (nSPS) is 42.5. The Balaban J connectivity index is 2.79. The predicted molar refractivity (Wildman–Crippen MR) is 48.7 cm³/mol. The number of hydrogen-bond donors (Lipinski definition) is 1. The van der Waals surface area contributed by atoms with Gasteiger partial charge < -0.3 is 9.84 Å². The van der Waals surface area contributed by atoms with Crippen LogP contribution in [0.3, 0.4) is 0 Å². The van der Waals surface area contributed by atoms with Crippen LogP contribution in [-0.4, -0.2) is 17.0 Å². The van der Waals surface area contributed by atoms with Gasteiger partial charge >= 0.3 is 0 Å². The molecule has 1 N–H and O–H groups in total. The van der Waals surface area contributed by atoms with E-state index in [-0.39, 0.29) is 5.60 Å². The summed E-state index contributed by atoms with van der Waals surface area (Å²) >= 11 is 0. The van der Waals surface area contributed by atoms with E-state index in [2.05, 4.69) is 27.7 Å². The first kappa shape index (κ1) is 10.0. The van der Waals surface area contributed by atoms with Crippen molar-refractivity contribution in [3.8, 4) is 0 Å². The van der Waals surface area contributed by atoms with Crippen molar-refractivity contribution in [1.82, 2.24) is 0 Å². The number of aliphatic hydroxyl groups excluding tert-OH is 1. The van der Waals surface area contributed by atoms with Gasteiger partial charge in [0.05, 0.1) is 5.60 Å². The van der Waals surface area contributed by atoms with Crippen LogP contribution in [0, 0.1) is 11.8 Å². The van der Waals surface area contributed by atoms with Gasteiger partial charge in [-0.25, -0.2) is 0 Å². The lowest BCUT2D eigenvalue weighted by Crippen LogP contribution is -2.39. The van der Waals surface area contributed by atoms with Crippen LogP contribution in [-0.2, 0) is 4.74 Å². The van der Waals surface area contributed by atoms with Crippen molar-refractivity contribution in [2.75, 3.05) is 0 Å². The van der Waals surface area contributed by atoms with Crippen molar-refractivity contribution in [1.29, 1.82) is 0 Å². The smallest absolute Gasteiger partial charge is 0.155 e. The molecule has 0 aliphatic carbocycles. The zero-order valence-corrected chi connectivity index (χ0v) is 8.50. The van der Waals surface area contributed by atoms with Crippen LogP contribution >= 0.6 is 0 Å². The highest BCUT2D eigenvalue weighted by Gasteiger charge is 2.46. The number of ether oxygens (including phenoxy) is 1. The van der Waals surface area contributed by atoms with Crippen LogP contribution in [0.15, 0.2) is 0 Å². The molecule has 0 aromatic rings. The maximum Gasteiger partial charge on any atom is 0.155 e. The molecule has 0 aromatic heterocycles. The number of hydrogen-bond acceptors (Lipinski definition) is 2. The van der Waals surface area contributed by atoms with E-state index in [4.69, 9.17) is 4.74 Å². The van der Waals surface area contributed by atoms with Gasteiger partial charge in [-0.2, -0.15) is 0 Å². The van der Waals surface area contributed by atoms with Gasteiger partial charge in [0.25, 0.3) is 0 Å². The topological polar surface area (TPSA) is 29.5 Å². The summed E-state index contributed by atoms with van der Waals surface area (Å²) in [5.41, 5.74) is -0.0839. The molecule has 1 saturated heterocycles. The highest BCUT2D eigenvalue weighted by molar-refractivity contribution is 4.93. The molecule has 1 heterocycles. The Labute approximate surface area is 74.9 Å². The molecule has 1 aliphatic rings. The summed E-state index contributed by atoms with van der Waals surface area (Å²) in [6, 6.07) is 0. The van der Waals surface area contributed by atoms with Crippen LogP contribution in [0.4, 0.5) is 0 Å². The third-order valence-electron chi connectivity index (χ3n) is 3.27. The zero-order valence-electron chi connectivity index (χ0n) is 8.50. The van der Waals surface area contributed by atoms with E-state index < -0.39 is 6.29 Å². The van der Waals surface area contributed by atoms with Gasteiger partial charge in [0.1, 0.15) is 0 Å². The van der Waals surface area contributed by atoms with Gasteiger partial charge in [-0.1, -0.05) is 27.7 Å². The summed E-state index contributed by atoms with van der Waals surface area (Å²) in [6.45, 7) is 8.63. The lowest BCUT2D eigenvalue weighted by Gasteiger charge is -2.35. The lowest BCUT2D eigenvalue weighted by molar-refractivity contribution is -0.161. The quantitative estimate of drug-likeness (QED) is 0.691. The van der Waals surface area contributed by atoms with Gasteiger partial charge in [-0.15, -0.1) is 0 Å². The third-order valence-corrected chi connectivity index (χ3v) is 3.27. The van der Waals surface area contributed by atoms with Crippen molar-refractivity contribution in [3.63, 3.8) is 0 Å². The molecule has 1 fully saturated rings. The van der Waals surface area contributed by atoms with E-state index in [0.717, 1.165) is 12.8 Å². The molecule has 0 amide bonds. The molecule has 2 nitrogen and oxygen atoms in total. The van der Waals surface area contributed by atoms with Crippen molar-refractivity contribution < 1.29 is 9.84 Å². The molecular weight excluding hydrogens is 152 g/mol. The lowest BCUT2D eigenvalue weighted by atomic mass is 9.78. The summed E-state index contributed by atoms with van der Waals surface area (Å²) in [7, 11) is 0. The van der Waals surface area contributed by atoms with Gasteiger partial charge in [-0.3, -0.25) is 0 Å². The third kappa shape index (κ3) is 1.38. The SMILES string of the molecule is CC[C@@]1(C(C)C)OC(O)C[C@H]1C. The minimum Gasteiger partial charge on any atom is -0.368 e. The Hall–Kier alpha value is -0.0800. The van der Waals surface area contributed by atoms with Crippen LogP contribution in [0.2, 0.25) is 0 Å². The maximum atomic E-state index is 9.39. The predicted octanol–water partition coefficient (Wildman–Crippen LogP) is 2.17.